The molecule has 0 bridgehead atoms. The van der Waals surface area contributed by atoms with Crippen molar-refractivity contribution in [1.82, 2.24) is 0 Å². The second-order valence-electron chi connectivity index (χ2n) is 6.78. The number of hydrogen-bond donors (Lipinski definition) is 0. The lowest BCUT2D eigenvalue weighted by Gasteiger charge is -2.32. The molecule has 1 fully saturated rings. The van der Waals surface area contributed by atoms with Crippen molar-refractivity contribution in [1.29, 1.82) is 0 Å². The molecule has 2 aliphatic rings. The van der Waals surface area contributed by atoms with Gasteiger partial charge in [-0.25, -0.2) is 0 Å². The average Bonchev–Trinajstić information content (AvgIpc) is 2.87. The van der Waals surface area contributed by atoms with Gasteiger partial charge in [0.25, 0.3) is 0 Å². The van der Waals surface area contributed by atoms with Gasteiger partial charge >= 0.3 is 13.3 Å². The summed E-state index contributed by atoms with van der Waals surface area (Å²) in [5.41, 5.74) is 0.453. The SMILES string of the molecule is CC1(C)OB(c2ccc3c(c2)COC3C(F)(F)F)OC1(C)C. The summed E-state index contributed by atoms with van der Waals surface area (Å²) >= 11 is 0. The minimum Gasteiger partial charge on any atom is -0.399 e. The molecule has 0 aliphatic carbocycles. The maximum atomic E-state index is 12.9. The topological polar surface area (TPSA) is 27.7 Å². The van der Waals surface area contributed by atoms with Crippen molar-refractivity contribution < 1.29 is 27.2 Å². The molecule has 120 valence electrons. The van der Waals surface area contributed by atoms with E-state index in [0.717, 1.165) is 0 Å². The molecule has 2 heterocycles. The summed E-state index contributed by atoms with van der Waals surface area (Å²) in [7, 11) is -0.583. The van der Waals surface area contributed by atoms with E-state index >= 15 is 0 Å². The van der Waals surface area contributed by atoms with Gasteiger partial charge in [-0.1, -0.05) is 18.2 Å². The highest BCUT2D eigenvalue weighted by molar-refractivity contribution is 6.62. The van der Waals surface area contributed by atoms with Gasteiger partial charge in [0.2, 0.25) is 0 Å². The van der Waals surface area contributed by atoms with Gasteiger partial charge < -0.3 is 14.0 Å². The molecule has 1 atom stereocenters. The minimum absolute atomic E-state index is 0.0488. The van der Waals surface area contributed by atoms with Gasteiger partial charge in [0, 0.05) is 0 Å². The normalized spacial score (nSPS) is 26.3. The Balaban J connectivity index is 1.88. The third-order valence-electron chi connectivity index (χ3n) is 4.68. The molecule has 0 aromatic heterocycles. The van der Waals surface area contributed by atoms with Crippen molar-refractivity contribution in [2.45, 2.75) is 57.8 Å². The third-order valence-corrected chi connectivity index (χ3v) is 4.68. The van der Waals surface area contributed by atoms with Crippen LogP contribution in [0.3, 0.4) is 0 Å². The van der Waals surface area contributed by atoms with Crippen LogP contribution in [0.5, 0.6) is 0 Å². The fourth-order valence-corrected chi connectivity index (χ4v) is 2.67. The Kier molecular flexibility index (Phi) is 3.40. The van der Waals surface area contributed by atoms with Gasteiger partial charge in [0.05, 0.1) is 17.8 Å². The molecule has 0 saturated carbocycles. The molecule has 3 nitrogen and oxygen atoms in total. The van der Waals surface area contributed by atoms with Crippen molar-refractivity contribution >= 4 is 12.6 Å². The molecule has 1 aromatic carbocycles. The summed E-state index contributed by atoms with van der Waals surface area (Å²) in [6, 6.07) is 4.76. The summed E-state index contributed by atoms with van der Waals surface area (Å²) in [4.78, 5) is 0. The van der Waals surface area contributed by atoms with E-state index in [0.29, 0.717) is 11.0 Å². The summed E-state index contributed by atoms with van der Waals surface area (Å²) in [6.07, 6.45) is -6.23. The van der Waals surface area contributed by atoms with Crippen LogP contribution in [-0.4, -0.2) is 24.5 Å². The van der Waals surface area contributed by atoms with Crippen LogP contribution >= 0.6 is 0 Å². The number of halogens is 3. The van der Waals surface area contributed by atoms with Crippen molar-refractivity contribution in [2.75, 3.05) is 0 Å². The van der Waals surface area contributed by atoms with Crippen LogP contribution in [0.15, 0.2) is 18.2 Å². The molecule has 1 unspecified atom stereocenters. The third kappa shape index (κ3) is 2.45. The van der Waals surface area contributed by atoms with Gasteiger partial charge in [0.15, 0.2) is 6.10 Å². The van der Waals surface area contributed by atoms with Crippen molar-refractivity contribution in [3.8, 4) is 0 Å². The number of fused-ring (bicyclic) bond motifs is 1. The first-order valence-corrected chi connectivity index (χ1v) is 7.18. The van der Waals surface area contributed by atoms with Gasteiger partial charge in [-0.05, 0) is 44.3 Å². The Morgan fingerprint density at radius 3 is 2.23 bits per heavy atom. The van der Waals surface area contributed by atoms with E-state index in [4.69, 9.17) is 14.0 Å². The zero-order valence-electron chi connectivity index (χ0n) is 13.0. The molecule has 0 amide bonds. The fourth-order valence-electron chi connectivity index (χ4n) is 2.67. The Morgan fingerprint density at radius 1 is 1.09 bits per heavy atom. The number of hydrogen-bond acceptors (Lipinski definition) is 3. The first kappa shape index (κ1) is 15.8. The molecule has 0 radical (unpaired) electrons. The van der Waals surface area contributed by atoms with Gasteiger partial charge in [-0.2, -0.15) is 13.2 Å². The van der Waals surface area contributed by atoms with Crippen LogP contribution < -0.4 is 5.46 Å². The first-order valence-electron chi connectivity index (χ1n) is 7.18. The quantitative estimate of drug-likeness (QED) is 0.746. The molecule has 0 spiro atoms. The molecular weight excluding hydrogens is 296 g/mol. The summed E-state index contributed by atoms with van der Waals surface area (Å²) < 4.78 is 55.3. The zero-order chi connectivity index (χ0) is 16.3. The Bertz CT molecular complexity index is 582. The largest absolute Gasteiger partial charge is 0.494 e. The van der Waals surface area contributed by atoms with E-state index in [1.807, 2.05) is 27.7 Å². The second kappa shape index (κ2) is 4.72. The molecule has 1 aromatic rings. The van der Waals surface area contributed by atoms with Crippen LogP contribution in [0.2, 0.25) is 0 Å². The lowest BCUT2D eigenvalue weighted by atomic mass is 9.77. The van der Waals surface area contributed by atoms with E-state index in [1.54, 1.807) is 12.1 Å². The van der Waals surface area contributed by atoms with Crippen LogP contribution in [0.4, 0.5) is 13.2 Å². The summed E-state index contributed by atoms with van der Waals surface area (Å²) in [5.74, 6) is 0. The number of alkyl halides is 3. The number of ether oxygens (including phenoxy) is 1. The average molecular weight is 314 g/mol. The standard InChI is InChI=1S/C15H18BF3O3/c1-13(2)14(3,4)22-16(21-13)10-5-6-11-9(7-10)8-20-12(11)15(17,18)19/h5-7,12H,8H2,1-4H3. The van der Waals surface area contributed by atoms with Gasteiger partial charge in [-0.3, -0.25) is 0 Å². The second-order valence-corrected chi connectivity index (χ2v) is 6.78. The van der Waals surface area contributed by atoms with Crippen LogP contribution in [-0.2, 0) is 20.7 Å². The molecular formula is C15H18BF3O3. The van der Waals surface area contributed by atoms with Crippen LogP contribution in [0.25, 0.3) is 0 Å². The molecule has 1 saturated heterocycles. The molecule has 0 N–H and O–H groups in total. The van der Waals surface area contributed by atoms with Crippen LogP contribution in [0, 0.1) is 0 Å². The zero-order valence-corrected chi connectivity index (χ0v) is 13.0. The van der Waals surface area contributed by atoms with Crippen molar-refractivity contribution in [3.05, 3.63) is 29.3 Å². The first-order chi connectivity index (χ1) is 10.0. The van der Waals surface area contributed by atoms with Crippen molar-refractivity contribution in [3.63, 3.8) is 0 Å². The molecule has 7 heteroatoms. The van der Waals surface area contributed by atoms with Crippen molar-refractivity contribution in [2.24, 2.45) is 0 Å². The monoisotopic (exact) mass is 314 g/mol. The fraction of sp³-hybridized carbons (Fsp3) is 0.600. The van der Waals surface area contributed by atoms with E-state index in [1.165, 1.54) is 6.07 Å². The summed E-state index contributed by atoms with van der Waals surface area (Å²) in [6.45, 7) is 7.69. The van der Waals surface area contributed by atoms with E-state index in [9.17, 15) is 13.2 Å². The number of rotatable bonds is 1. The highest BCUT2D eigenvalue weighted by Crippen LogP contribution is 2.42. The van der Waals surface area contributed by atoms with Gasteiger partial charge in [-0.15, -0.1) is 0 Å². The molecule has 3 rings (SSSR count). The molecule has 2 aliphatic heterocycles. The van der Waals surface area contributed by atoms with Gasteiger partial charge in [0.1, 0.15) is 0 Å². The number of benzene rings is 1. The lowest BCUT2D eigenvalue weighted by molar-refractivity contribution is -0.219. The Hall–Kier alpha value is -1.05. The predicted molar refractivity (Wildman–Crippen MR) is 75.7 cm³/mol. The van der Waals surface area contributed by atoms with E-state index in [-0.39, 0.29) is 12.2 Å². The summed E-state index contributed by atoms with van der Waals surface area (Å²) in [5, 5.41) is 0. The smallest absolute Gasteiger partial charge is 0.399 e. The highest BCUT2D eigenvalue weighted by Gasteiger charge is 2.52. The lowest BCUT2D eigenvalue weighted by Crippen LogP contribution is -2.41. The predicted octanol–water partition coefficient (Wildman–Crippen LogP) is 3.12. The maximum Gasteiger partial charge on any atom is 0.494 e. The highest BCUT2D eigenvalue weighted by atomic mass is 19.4. The Morgan fingerprint density at radius 2 is 1.68 bits per heavy atom. The minimum atomic E-state index is -4.39. The Labute approximate surface area is 127 Å². The maximum absolute atomic E-state index is 12.9. The molecule has 22 heavy (non-hydrogen) atoms. The van der Waals surface area contributed by atoms with Crippen LogP contribution in [0.1, 0.15) is 44.9 Å². The van der Waals surface area contributed by atoms with E-state index in [2.05, 4.69) is 0 Å². The van der Waals surface area contributed by atoms with E-state index < -0.39 is 30.6 Å².